The van der Waals surface area contributed by atoms with Crippen LogP contribution in [0.2, 0.25) is 0 Å². The molecule has 0 unspecified atom stereocenters. The quantitative estimate of drug-likeness (QED) is 0.680. The van der Waals surface area contributed by atoms with Gasteiger partial charge >= 0.3 is 10.1 Å². The molecule has 0 saturated carbocycles. The van der Waals surface area contributed by atoms with E-state index in [4.69, 9.17) is 4.18 Å². The van der Waals surface area contributed by atoms with Gasteiger partial charge in [-0.05, 0) is 55.2 Å². The van der Waals surface area contributed by atoms with Gasteiger partial charge in [0.25, 0.3) is 0 Å². The fourth-order valence-electron chi connectivity index (χ4n) is 2.32. The highest BCUT2D eigenvalue weighted by Gasteiger charge is 2.16. The van der Waals surface area contributed by atoms with Crippen LogP contribution in [0.15, 0.2) is 53.4 Å². The first-order valence-corrected chi connectivity index (χ1v) is 9.43. The summed E-state index contributed by atoms with van der Waals surface area (Å²) in [6.45, 7) is 3.63. The number of rotatable bonds is 8. The number of Topliss-reactive ketones (excluding diaryl/α,β-unsaturated/α-hetero) is 1. The van der Waals surface area contributed by atoms with Crippen molar-refractivity contribution in [2.45, 2.75) is 44.4 Å². The molecule has 2 rings (SSSR count). The van der Waals surface area contributed by atoms with E-state index in [-0.39, 0.29) is 16.4 Å². The Morgan fingerprint density at radius 3 is 2.00 bits per heavy atom. The van der Waals surface area contributed by atoms with Crippen LogP contribution in [0.1, 0.15) is 37.8 Å². The molecule has 0 aliphatic rings. The first-order chi connectivity index (χ1) is 11.4. The molecule has 2 aromatic rings. The Balaban J connectivity index is 2.06. The average Bonchev–Trinajstić information content (AvgIpc) is 2.55. The van der Waals surface area contributed by atoms with Crippen molar-refractivity contribution in [2.24, 2.45) is 0 Å². The van der Waals surface area contributed by atoms with E-state index in [9.17, 15) is 13.2 Å². The number of aryl methyl sites for hydroxylation is 2. The number of benzene rings is 2. The maximum absolute atomic E-state index is 12.3. The van der Waals surface area contributed by atoms with Gasteiger partial charge in [0.2, 0.25) is 0 Å². The lowest BCUT2D eigenvalue weighted by atomic mass is 10.1. The lowest BCUT2D eigenvalue weighted by Crippen LogP contribution is -2.09. The zero-order valence-corrected chi connectivity index (χ0v) is 14.8. The molecule has 0 aliphatic carbocycles. The largest absolute Gasteiger partial charge is 0.379 e. The molecular formula is C19H22O4S. The van der Waals surface area contributed by atoms with Crippen LogP contribution < -0.4 is 4.18 Å². The monoisotopic (exact) mass is 346 g/mol. The summed E-state index contributed by atoms with van der Waals surface area (Å²) in [6, 6.07) is 13.5. The second kappa shape index (κ2) is 8.11. The predicted octanol–water partition coefficient (Wildman–Crippen LogP) is 3.93. The minimum absolute atomic E-state index is 0.129. The Bertz CT molecular complexity index is 775. The highest BCUT2D eigenvalue weighted by Crippen LogP contribution is 2.20. The predicted molar refractivity (Wildman–Crippen MR) is 93.7 cm³/mol. The van der Waals surface area contributed by atoms with Gasteiger partial charge in [0, 0.05) is 6.42 Å². The topological polar surface area (TPSA) is 60.4 Å². The lowest BCUT2D eigenvalue weighted by Gasteiger charge is -2.08. The summed E-state index contributed by atoms with van der Waals surface area (Å²) in [6.07, 6.45) is 3.05. The maximum Gasteiger partial charge on any atom is 0.339 e. The molecule has 0 aromatic heterocycles. The van der Waals surface area contributed by atoms with Crippen LogP contribution in [0, 0.1) is 0 Å². The molecule has 0 bridgehead atoms. The molecule has 4 nitrogen and oxygen atoms in total. The van der Waals surface area contributed by atoms with Crippen LogP contribution in [-0.4, -0.2) is 14.2 Å². The Labute approximate surface area is 143 Å². The van der Waals surface area contributed by atoms with Crippen molar-refractivity contribution in [2.75, 3.05) is 0 Å². The molecule has 0 amide bonds. The zero-order valence-electron chi connectivity index (χ0n) is 14.0. The highest BCUT2D eigenvalue weighted by atomic mass is 32.2. The Kier molecular flexibility index (Phi) is 6.15. The Hall–Kier alpha value is -2.14. The van der Waals surface area contributed by atoms with Gasteiger partial charge in [-0.15, -0.1) is 0 Å². The van der Waals surface area contributed by atoms with Crippen molar-refractivity contribution in [1.29, 1.82) is 0 Å². The van der Waals surface area contributed by atoms with E-state index >= 15 is 0 Å². The normalized spacial score (nSPS) is 11.2. The molecule has 0 N–H and O–H groups in total. The first-order valence-electron chi connectivity index (χ1n) is 8.02. The van der Waals surface area contributed by atoms with Crippen LogP contribution in [0.3, 0.4) is 0 Å². The van der Waals surface area contributed by atoms with Gasteiger partial charge in [0.05, 0.1) is 0 Å². The Morgan fingerprint density at radius 1 is 0.917 bits per heavy atom. The maximum atomic E-state index is 12.3. The summed E-state index contributed by atoms with van der Waals surface area (Å²) in [4.78, 5) is 11.1. The van der Waals surface area contributed by atoms with Crippen molar-refractivity contribution >= 4 is 15.9 Å². The van der Waals surface area contributed by atoms with Gasteiger partial charge in [0.1, 0.15) is 16.4 Å². The summed E-state index contributed by atoms with van der Waals surface area (Å²) >= 11 is 0. The van der Waals surface area contributed by atoms with Crippen LogP contribution in [0.4, 0.5) is 0 Å². The van der Waals surface area contributed by atoms with E-state index in [1.165, 1.54) is 0 Å². The van der Waals surface area contributed by atoms with Crippen molar-refractivity contribution in [3.05, 3.63) is 59.7 Å². The molecule has 0 atom stereocenters. The van der Waals surface area contributed by atoms with Gasteiger partial charge in [-0.1, -0.05) is 37.6 Å². The molecule has 0 radical (unpaired) electrons. The molecule has 128 valence electrons. The highest BCUT2D eigenvalue weighted by molar-refractivity contribution is 7.87. The second-order valence-electron chi connectivity index (χ2n) is 5.78. The summed E-state index contributed by atoms with van der Waals surface area (Å²) < 4.78 is 29.8. The summed E-state index contributed by atoms with van der Waals surface area (Å²) in [7, 11) is -3.84. The lowest BCUT2D eigenvalue weighted by molar-refractivity contribution is -0.116. The van der Waals surface area contributed by atoms with E-state index in [1.54, 1.807) is 43.3 Å². The molecular weight excluding hydrogens is 324 g/mol. The third kappa shape index (κ3) is 5.20. The summed E-state index contributed by atoms with van der Waals surface area (Å²) in [5.74, 6) is 0.392. The fourth-order valence-corrected chi connectivity index (χ4v) is 3.25. The number of carbonyl (C=O) groups is 1. The van der Waals surface area contributed by atoms with Crippen LogP contribution in [0.25, 0.3) is 0 Å². The van der Waals surface area contributed by atoms with E-state index in [2.05, 4.69) is 6.92 Å². The molecule has 24 heavy (non-hydrogen) atoms. The number of ketones is 1. The van der Waals surface area contributed by atoms with Gasteiger partial charge in [-0.2, -0.15) is 8.42 Å². The number of hydrogen-bond donors (Lipinski definition) is 0. The van der Waals surface area contributed by atoms with E-state index in [0.29, 0.717) is 12.8 Å². The first kappa shape index (κ1) is 18.2. The van der Waals surface area contributed by atoms with Crippen LogP contribution >= 0.6 is 0 Å². The van der Waals surface area contributed by atoms with Gasteiger partial charge in [-0.3, -0.25) is 0 Å². The van der Waals surface area contributed by atoms with E-state index in [0.717, 1.165) is 24.0 Å². The number of hydrogen-bond acceptors (Lipinski definition) is 4. The molecule has 0 spiro atoms. The van der Waals surface area contributed by atoms with Crippen molar-refractivity contribution in [1.82, 2.24) is 0 Å². The standard InChI is InChI=1S/C19H22O4S/c1-3-4-16-9-13-19(14-10-16)24(21,22)23-18-11-7-17(8-12-18)6-5-15(2)20/h7-14H,3-6H2,1-2H3. The number of carbonyl (C=O) groups excluding carboxylic acids is 1. The Morgan fingerprint density at radius 2 is 1.46 bits per heavy atom. The fraction of sp³-hybridized carbons (Fsp3) is 0.316. The van der Waals surface area contributed by atoms with Crippen LogP contribution in [-0.2, 0) is 27.8 Å². The van der Waals surface area contributed by atoms with Gasteiger partial charge in [0.15, 0.2) is 0 Å². The smallest absolute Gasteiger partial charge is 0.339 e. The second-order valence-corrected chi connectivity index (χ2v) is 7.32. The minimum atomic E-state index is -3.84. The SMILES string of the molecule is CCCc1ccc(S(=O)(=O)Oc2ccc(CCC(C)=O)cc2)cc1. The molecule has 0 fully saturated rings. The summed E-state index contributed by atoms with van der Waals surface area (Å²) in [5, 5.41) is 0. The van der Waals surface area contributed by atoms with Crippen LogP contribution in [0.5, 0.6) is 5.75 Å². The zero-order chi connectivity index (χ0) is 17.6. The van der Waals surface area contributed by atoms with E-state index < -0.39 is 10.1 Å². The molecule has 0 aliphatic heterocycles. The third-order valence-electron chi connectivity index (χ3n) is 3.65. The van der Waals surface area contributed by atoms with E-state index in [1.807, 2.05) is 12.1 Å². The molecule has 0 heterocycles. The van der Waals surface area contributed by atoms with Crippen molar-refractivity contribution < 1.29 is 17.4 Å². The summed E-state index contributed by atoms with van der Waals surface area (Å²) in [5.41, 5.74) is 2.07. The molecule has 2 aromatic carbocycles. The van der Waals surface area contributed by atoms with Gasteiger partial charge in [-0.25, -0.2) is 0 Å². The third-order valence-corrected chi connectivity index (χ3v) is 4.91. The van der Waals surface area contributed by atoms with Crippen molar-refractivity contribution in [3.63, 3.8) is 0 Å². The van der Waals surface area contributed by atoms with Crippen molar-refractivity contribution in [3.8, 4) is 5.75 Å². The molecule has 5 heteroatoms. The van der Waals surface area contributed by atoms with Gasteiger partial charge < -0.3 is 8.98 Å². The average molecular weight is 346 g/mol. The minimum Gasteiger partial charge on any atom is -0.379 e. The molecule has 0 saturated heterocycles.